The summed E-state index contributed by atoms with van der Waals surface area (Å²) in [7, 11) is 1.37. The summed E-state index contributed by atoms with van der Waals surface area (Å²) in [5, 5.41) is 3.09. The Morgan fingerprint density at radius 1 is 1.40 bits per heavy atom. The number of hydrogen-bond acceptors (Lipinski definition) is 4. The van der Waals surface area contributed by atoms with Crippen molar-refractivity contribution in [1.82, 2.24) is 5.32 Å². The summed E-state index contributed by atoms with van der Waals surface area (Å²) < 4.78 is 4.66. The van der Waals surface area contributed by atoms with Crippen molar-refractivity contribution in [2.24, 2.45) is 11.1 Å². The smallest absolute Gasteiger partial charge is 0.312 e. The van der Waals surface area contributed by atoms with Crippen LogP contribution in [0, 0.1) is 5.41 Å². The van der Waals surface area contributed by atoms with E-state index in [-0.39, 0.29) is 11.9 Å². The largest absolute Gasteiger partial charge is 0.469 e. The highest BCUT2D eigenvalue weighted by molar-refractivity contribution is 5.76. The van der Waals surface area contributed by atoms with Crippen molar-refractivity contribution in [2.45, 2.75) is 26.7 Å². The van der Waals surface area contributed by atoms with Crippen molar-refractivity contribution in [1.29, 1.82) is 0 Å². The normalized spacial score (nSPS) is 11.1. The zero-order valence-electron chi connectivity index (χ0n) is 9.63. The molecule has 0 radical (unpaired) electrons. The molecule has 0 fully saturated rings. The molecule has 0 aromatic rings. The van der Waals surface area contributed by atoms with Crippen molar-refractivity contribution in [2.75, 3.05) is 20.2 Å². The van der Waals surface area contributed by atoms with Crippen LogP contribution in [0.25, 0.3) is 0 Å². The topological polar surface area (TPSA) is 81.4 Å². The van der Waals surface area contributed by atoms with Gasteiger partial charge in [0, 0.05) is 13.0 Å². The van der Waals surface area contributed by atoms with Gasteiger partial charge in [-0.05, 0) is 26.8 Å². The Labute approximate surface area is 90.4 Å². The first kappa shape index (κ1) is 13.9. The quantitative estimate of drug-likeness (QED) is 0.465. The SMILES string of the molecule is COC(=O)C(C)(C)CNCCCC(N)=O. The number of carbonyl (C=O) groups excluding carboxylic acids is 2. The predicted octanol–water partition coefficient (Wildman–Crippen LogP) is 0.0407. The molecule has 0 bridgehead atoms. The summed E-state index contributed by atoms with van der Waals surface area (Å²) in [6.45, 7) is 4.81. The van der Waals surface area contributed by atoms with Crippen LogP contribution in [0.4, 0.5) is 0 Å². The van der Waals surface area contributed by atoms with E-state index in [0.29, 0.717) is 25.9 Å². The van der Waals surface area contributed by atoms with Crippen LogP contribution in [0.3, 0.4) is 0 Å². The number of methoxy groups -OCH3 is 1. The summed E-state index contributed by atoms with van der Waals surface area (Å²) >= 11 is 0. The Hall–Kier alpha value is -1.10. The third-order valence-corrected chi connectivity index (χ3v) is 2.08. The summed E-state index contributed by atoms with van der Waals surface area (Å²) in [6.07, 6.45) is 1.05. The van der Waals surface area contributed by atoms with E-state index < -0.39 is 5.41 Å². The molecule has 0 aliphatic carbocycles. The molecule has 0 aliphatic heterocycles. The van der Waals surface area contributed by atoms with E-state index >= 15 is 0 Å². The number of rotatable bonds is 7. The summed E-state index contributed by atoms with van der Waals surface area (Å²) in [5.41, 5.74) is 4.45. The van der Waals surface area contributed by atoms with E-state index in [1.54, 1.807) is 13.8 Å². The van der Waals surface area contributed by atoms with Gasteiger partial charge in [-0.15, -0.1) is 0 Å². The highest BCUT2D eigenvalue weighted by Crippen LogP contribution is 2.15. The first-order valence-electron chi connectivity index (χ1n) is 4.97. The molecule has 0 aromatic carbocycles. The maximum Gasteiger partial charge on any atom is 0.312 e. The van der Waals surface area contributed by atoms with Crippen molar-refractivity contribution in [3.05, 3.63) is 0 Å². The van der Waals surface area contributed by atoms with Crippen molar-refractivity contribution >= 4 is 11.9 Å². The van der Waals surface area contributed by atoms with Gasteiger partial charge in [0.1, 0.15) is 0 Å². The standard InChI is InChI=1S/C10H20N2O3/c1-10(2,9(14)15-3)7-12-6-4-5-8(11)13/h12H,4-7H2,1-3H3,(H2,11,13). The number of nitrogens with two attached hydrogens (primary N) is 1. The zero-order valence-corrected chi connectivity index (χ0v) is 9.63. The van der Waals surface area contributed by atoms with Gasteiger partial charge in [0.05, 0.1) is 12.5 Å². The first-order valence-corrected chi connectivity index (χ1v) is 4.97. The van der Waals surface area contributed by atoms with Crippen LogP contribution < -0.4 is 11.1 Å². The van der Waals surface area contributed by atoms with Crippen LogP contribution in [0.5, 0.6) is 0 Å². The monoisotopic (exact) mass is 216 g/mol. The molecule has 0 rings (SSSR count). The number of hydrogen-bond donors (Lipinski definition) is 2. The van der Waals surface area contributed by atoms with E-state index in [1.165, 1.54) is 7.11 Å². The number of nitrogens with one attached hydrogen (secondary N) is 1. The predicted molar refractivity (Wildman–Crippen MR) is 57.1 cm³/mol. The molecule has 0 aromatic heterocycles. The Bertz CT molecular complexity index is 227. The highest BCUT2D eigenvalue weighted by Gasteiger charge is 2.27. The lowest BCUT2D eigenvalue weighted by atomic mass is 9.94. The second-order valence-electron chi connectivity index (χ2n) is 4.12. The third-order valence-electron chi connectivity index (χ3n) is 2.08. The van der Waals surface area contributed by atoms with Gasteiger partial charge in [-0.1, -0.05) is 0 Å². The van der Waals surface area contributed by atoms with Gasteiger partial charge in [-0.25, -0.2) is 0 Å². The molecule has 0 saturated heterocycles. The summed E-state index contributed by atoms with van der Waals surface area (Å²) in [4.78, 5) is 21.7. The molecule has 0 aliphatic rings. The average molecular weight is 216 g/mol. The molecular weight excluding hydrogens is 196 g/mol. The van der Waals surface area contributed by atoms with Crippen molar-refractivity contribution < 1.29 is 14.3 Å². The first-order chi connectivity index (χ1) is 6.90. The molecule has 0 spiro atoms. The fraction of sp³-hybridized carbons (Fsp3) is 0.800. The second-order valence-corrected chi connectivity index (χ2v) is 4.12. The minimum atomic E-state index is -0.540. The van der Waals surface area contributed by atoms with Crippen LogP contribution in [-0.2, 0) is 14.3 Å². The molecule has 88 valence electrons. The number of esters is 1. The van der Waals surface area contributed by atoms with Crippen LogP contribution >= 0.6 is 0 Å². The molecule has 0 atom stereocenters. The van der Waals surface area contributed by atoms with Gasteiger partial charge in [0.15, 0.2) is 0 Å². The number of carbonyl (C=O) groups is 2. The molecule has 3 N–H and O–H groups in total. The van der Waals surface area contributed by atoms with Crippen molar-refractivity contribution in [3.63, 3.8) is 0 Å². The third kappa shape index (κ3) is 6.06. The van der Waals surface area contributed by atoms with Gasteiger partial charge >= 0.3 is 5.97 Å². The minimum absolute atomic E-state index is 0.245. The van der Waals surface area contributed by atoms with Crippen LogP contribution in [0.1, 0.15) is 26.7 Å². The van der Waals surface area contributed by atoms with E-state index in [9.17, 15) is 9.59 Å². The minimum Gasteiger partial charge on any atom is -0.469 e. The zero-order chi connectivity index (χ0) is 11.9. The van der Waals surface area contributed by atoms with Gasteiger partial charge in [-0.3, -0.25) is 9.59 Å². The fourth-order valence-electron chi connectivity index (χ4n) is 1.14. The molecule has 0 saturated carbocycles. The van der Waals surface area contributed by atoms with E-state index in [1.807, 2.05) is 0 Å². The number of primary amides is 1. The lowest BCUT2D eigenvalue weighted by Gasteiger charge is -2.21. The molecule has 15 heavy (non-hydrogen) atoms. The van der Waals surface area contributed by atoms with E-state index in [2.05, 4.69) is 10.1 Å². The Balaban J connectivity index is 3.66. The van der Waals surface area contributed by atoms with E-state index in [4.69, 9.17) is 5.73 Å². The molecule has 0 unspecified atom stereocenters. The highest BCUT2D eigenvalue weighted by atomic mass is 16.5. The molecule has 5 nitrogen and oxygen atoms in total. The maximum atomic E-state index is 11.3. The Morgan fingerprint density at radius 3 is 2.47 bits per heavy atom. The maximum absolute atomic E-state index is 11.3. The number of ether oxygens (including phenoxy) is 1. The molecular formula is C10H20N2O3. The number of amides is 1. The van der Waals surface area contributed by atoms with Crippen molar-refractivity contribution in [3.8, 4) is 0 Å². The lowest BCUT2D eigenvalue weighted by Crippen LogP contribution is -2.37. The van der Waals surface area contributed by atoms with Crippen LogP contribution in [0.2, 0.25) is 0 Å². The summed E-state index contributed by atoms with van der Waals surface area (Å²) in [6, 6.07) is 0. The van der Waals surface area contributed by atoms with E-state index in [0.717, 1.165) is 0 Å². The van der Waals surface area contributed by atoms with Gasteiger partial charge < -0.3 is 15.8 Å². The fourth-order valence-corrected chi connectivity index (χ4v) is 1.14. The average Bonchev–Trinajstić information content (AvgIpc) is 2.15. The molecule has 1 amide bonds. The Kier molecular flexibility index (Phi) is 5.93. The molecule has 5 heteroatoms. The molecule has 0 heterocycles. The van der Waals surface area contributed by atoms with Gasteiger partial charge in [0.25, 0.3) is 0 Å². The second kappa shape index (κ2) is 6.40. The van der Waals surface area contributed by atoms with Gasteiger partial charge in [0.2, 0.25) is 5.91 Å². The van der Waals surface area contributed by atoms with Gasteiger partial charge in [-0.2, -0.15) is 0 Å². The van der Waals surface area contributed by atoms with Crippen LogP contribution in [0.15, 0.2) is 0 Å². The van der Waals surface area contributed by atoms with Crippen LogP contribution in [-0.4, -0.2) is 32.1 Å². The Morgan fingerprint density at radius 2 is 2.00 bits per heavy atom. The summed E-state index contributed by atoms with van der Waals surface area (Å²) in [5.74, 6) is -0.547. The lowest BCUT2D eigenvalue weighted by molar-refractivity contribution is -0.150.